The average molecular weight is 338 g/mol. The van der Waals surface area contributed by atoms with E-state index in [1.54, 1.807) is 12.1 Å². The van der Waals surface area contributed by atoms with Gasteiger partial charge in [0.25, 0.3) is 0 Å². The highest BCUT2D eigenvalue weighted by Crippen LogP contribution is 2.49. The topological polar surface area (TPSA) is 70.6 Å². The van der Waals surface area contributed by atoms with Gasteiger partial charge in [-0.05, 0) is 38.0 Å². The van der Waals surface area contributed by atoms with Gasteiger partial charge in [0.2, 0.25) is 0 Å². The molecule has 0 aromatic heterocycles. The van der Waals surface area contributed by atoms with Gasteiger partial charge >= 0.3 is 6.03 Å². The van der Waals surface area contributed by atoms with Crippen molar-refractivity contribution in [3.63, 3.8) is 0 Å². The molecular weight excluding hydrogens is 316 g/mol. The van der Waals surface area contributed by atoms with E-state index in [1.165, 1.54) is 0 Å². The van der Waals surface area contributed by atoms with Crippen molar-refractivity contribution in [1.82, 2.24) is 10.6 Å². The predicted molar refractivity (Wildman–Crippen MR) is 94.6 cm³/mol. The molecule has 1 fully saturated rings. The maximum atomic E-state index is 12.4. The number of benzene rings is 2. The van der Waals surface area contributed by atoms with E-state index in [4.69, 9.17) is 4.74 Å². The third kappa shape index (κ3) is 2.80. The molecule has 0 saturated carbocycles. The van der Waals surface area contributed by atoms with Crippen LogP contribution < -0.4 is 15.4 Å². The fourth-order valence-corrected chi connectivity index (χ4v) is 4.16. The molecule has 5 nitrogen and oxygen atoms in total. The molecule has 4 rings (SSSR count). The van der Waals surface area contributed by atoms with Crippen LogP contribution in [0.5, 0.6) is 11.5 Å². The minimum Gasteiger partial charge on any atom is -0.508 e. The van der Waals surface area contributed by atoms with Gasteiger partial charge in [0, 0.05) is 23.6 Å². The van der Waals surface area contributed by atoms with Gasteiger partial charge in [0.15, 0.2) is 0 Å². The minimum absolute atomic E-state index is 0.155. The third-order valence-electron chi connectivity index (χ3n) is 5.00. The monoisotopic (exact) mass is 338 g/mol. The Hall–Kier alpha value is -2.69. The standard InChI is InChI=1S/C20H22N2O3/c1-19(2)12-20(22-18(24)21-19)11-17(13-6-4-3-5-7-13)25-16-10-14(23)8-9-15(16)20/h3-10,17,23H,11-12H2,1-2H3,(H2,21,22,24)/t17-,20+/m1/s1. The molecule has 2 amide bonds. The highest BCUT2D eigenvalue weighted by Gasteiger charge is 2.49. The van der Waals surface area contributed by atoms with Crippen LogP contribution in [0.3, 0.4) is 0 Å². The molecular formula is C20H22N2O3. The molecule has 1 saturated heterocycles. The normalized spacial score (nSPS) is 27.0. The molecule has 2 atom stereocenters. The Morgan fingerprint density at radius 1 is 1.12 bits per heavy atom. The first-order valence-corrected chi connectivity index (χ1v) is 8.52. The second-order valence-corrected chi connectivity index (χ2v) is 7.62. The van der Waals surface area contributed by atoms with Crippen molar-refractivity contribution in [3.05, 3.63) is 59.7 Å². The van der Waals surface area contributed by atoms with E-state index in [0.29, 0.717) is 12.2 Å². The van der Waals surface area contributed by atoms with E-state index < -0.39 is 5.54 Å². The van der Waals surface area contributed by atoms with Gasteiger partial charge in [-0.3, -0.25) is 0 Å². The smallest absolute Gasteiger partial charge is 0.315 e. The maximum absolute atomic E-state index is 12.4. The fraction of sp³-hybridized carbons (Fsp3) is 0.350. The summed E-state index contributed by atoms with van der Waals surface area (Å²) >= 11 is 0. The summed E-state index contributed by atoms with van der Waals surface area (Å²) in [7, 11) is 0. The van der Waals surface area contributed by atoms with Crippen molar-refractivity contribution >= 4 is 6.03 Å². The number of hydrogen-bond acceptors (Lipinski definition) is 3. The van der Waals surface area contributed by atoms with E-state index in [0.717, 1.165) is 17.5 Å². The van der Waals surface area contributed by atoms with Crippen LogP contribution >= 0.6 is 0 Å². The maximum Gasteiger partial charge on any atom is 0.315 e. The summed E-state index contributed by atoms with van der Waals surface area (Å²) in [6.45, 7) is 4.06. The summed E-state index contributed by atoms with van der Waals surface area (Å²) in [5, 5.41) is 16.0. The number of ether oxygens (including phenoxy) is 1. The lowest BCUT2D eigenvalue weighted by Crippen LogP contribution is -2.65. The largest absolute Gasteiger partial charge is 0.508 e. The van der Waals surface area contributed by atoms with E-state index in [-0.39, 0.29) is 23.4 Å². The molecule has 2 aromatic carbocycles. The number of amides is 2. The molecule has 5 heteroatoms. The predicted octanol–water partition coefficient (Wildman–Crippen LogP) is 3.59. The Labute approximate surface area is 147 Å². The number of phenolic OH excluding ortho intramolecular Hbond substituents is 1. The number of carbonyl (C=O) groups excluding carboxylic acids is 1. The van der Waals surface area contributed by atoms with Crippen LogP contribution in [0.4, 0.5) is 4.79 Å². The summed E-state index contributed by atoms with van der Waals surface area (Å²) in [4.78, 5) is 12.4. The average Bonchev–Trinajstić information content (AvgIpc) is 2.53. The van der Waals surface area contributed by atoms with Crippen LogP contribution in [0.15, 0.2) is 48.5 Å². The van der Waals surface area contributed by atoms with Crippen molar-refractivity contribution in [3.8, 4) is 11.5 Å². The molecule has 2 aliphatic rings. The highest BCUT2D eigenvalue weighted by molar-refractivity contribution is 5.77. The SMILES string of the molecule is CC1(C)C[C@]2(C[C@H](c3ccccc3)Oc3cc(O)ccc32)NC(=O)N1. The number of phenols is 1. The Morgan fingerprint density at radius 3 is 2.60 bits per heavy atom. The van der Waals surface area contributed by atoms with Gasteiger partial charge in [-0.15, -0.1) is 0 Å². The molecule has 0 radical (unpaired) electrons. The lowest BCUT2D eigenvalue weighted by Gasteiger charge is -2.50. The number of rotatable bonds is 1. The number of urea groups is 1. The summed E-state index contributed by atoms with van der Waals surface area (Å²) in [6, 6.07) is 14.9. The van der Waals surface area contributed by atoms with Gasteiger partial charge in [0.05, 0.1) is 5.54 Å². The van der Waals surface area contributed by atoms with Crippen LogP contribution in [0.1, 0.15) is 43.9 Å². The summed E-state index contributed by atoms with van der Waals surface area (Å²) < 4.78 is 6.20. The van der Waals surface area contributed by atoms with E-state index in [1.807, 2.05) is 50.2 Å². The van der Waals surface area contributed by atoms with Crippen LogP contribution in [-0.2, 0) is 5.54 Å². The van der Waals surface area contributed by atoms with Crippen molar-refractivity contribution in [2.24, 2.45) is 0 Å². The number of carbonyl (C=O) groups is 1. The zero-order valence-corrected chi connectivity index (χ0v) is 14.4. The Morgan fingerprint density at radius 2 is 1.88 bits per heavy atom. The van der Waals surface area contributed by atoms with Crippen LogP contribution in [-0.4, -0.2) is 16.7 Å². The summed E-state index contributed by atoms with van der Waals surface area (Å²) in [5.41, 5.74) is 1.10. The van der Waals surface area contributed by atoms with Crippen molar-refractivity contribution in [2.45, 2.75) is 43.9 Å². The number of aromatic hydroxyl groups is 1. The van der Waals surface area contributed by atoms with Crippen LogP contribution in [0.2, 0.25) is 0 Å². The third-order valence-corrected chi connectivity index (χ3v) is 5.00. The van der Waals surface area contributed by atoms with E-state index >= 15 is 0 Å². The molecule has 2 heterocycles. The molecule has 25 heavy (non-hydrogen) atoms. The van der Waals surface area contributed by atoms with Gasteiger partial charge in [-0.2, -0.15) is 0 Å². The zero-order chi connectivity index (χ0) is 17.7. The first-order valence-electron chi connectivity index (χ1n) is 8.52. The molecule has 0 bridgehead atoms. The number of hydrogen-bond donors (Lipinski definition) is 3. The first-order chi connectivity index (χ1) is 11.9. The van der Waals surface area contributed by atoms with Crippen molar-refractivity contribution in [2.75, 3.05) is 0 Å². The van der Waals surface area contributed by atoms with Gasteiger partial charge < -0.3 is 20.5 Å². The van der Waals surface area contributed by atoms with Crippen LogP contribution in [0, 0.1) is 0 Å². The van der Waals surface area contributed by atoms with Gasteiger partial charge in [-0.25, -0.2) is 4.79 Å². The fourth-order valence-electron chi connectivity index (χ4n) is 4.16. The molecule has 2 aromatic rings. The Kier molecular flexibility index (Phi) is 3.42. The second-order valence-electron chi connectivity index (χ2n) is 7.62. The van der Waals surface area contributed by atoms with Crippen molar-refractivity contribution in [1.29, 1.82) is 0 Å². The molecule has 3 N–H and O–H groups in total. The summed E-state index contributed by atoms with van der Waals surface area (Å²) in [5.74, 6) is 0.778. The van der Waals surface area contributed by atoms with Gasteiger partial charge in [-0.1, -0.05) is 30.3 Å². The van der Waals surface area contributed by atoms with Crippen molar-refractivity contribution < 1.29 is 14.6 Å². The summed E-state index contributed by atoms with van der Waals surface area (Å²) in [6.07, 6.45) is 1.19. The number of fused-ring (bicyclic) bond motifs is 2. The molecule has 1 spiro atoms. The van der Waals surface area contributed by atoms with Crippen LogP contribution in [0.25, 0.3) is 0 Å². The lowest BCUT2D eigenvalue weighted by atomic mass is 9.72. The molecule has 2 aliphatic heterocycles. The zero-order valence-electron chi connectivity index (χ0n) is 14.4. The molecule has 0 unspecified atom stereocenters. The molecule has 0 aliphatic carbocycles. The second kappa shape index (κ2) is 5.41. The highest BCUT2D eigenvalue weighted by atomic mass is 16.5. The number of nitrogens with one attached hydrogen (secondary N) is 2. The van der Waals surface area contributed by atoms with E-state index in [9.17, 15) is 9.90 Å². The Balaban J connectivity index is 1.84. The van der Waals surface area contributed by atoms with E-state index in [2.05, 4.69) is 10.6 Å². The lowest BCUT2D eigenvalue weighted by molar-refractivity contribution is 0.0732. The quantitative estimate of drug-likeness (QED) is 0.744. The van der Waals surface area contributed by atoms with Gasteiger partial charge in [0.1, 0.15) is 17.6 Å². The first kappa shape index (κ1) is 15.8. The Bertz CT molecular complexity index is 819. The minimum atomic E-state index is -0.534. The molecule has 130 valence electrons.